The van der Waals surface area contributed by atoms with E-state index in [2.05, 4.69) is 15.6 Å². The highest BCUT2D eigenvalue weighted by atomic mass is 16.6. The number of carbonyl (C=O) groups excluding carboxylic acids is 3. The van der Waals surface area contributed by atoms with E-state index in [1.807, 2.05) is 0 Å². The standard InChI is InChI=1S/C37H41N5O9/c1-36(2,3)50-34(46)41(35(47)51-37(4,5)6)32-29-16-15-27(21-26(29)18-19-38-32)40-31(25-13-10-23(11-14-25)12-17-30(43)44)33(45)39-22-24-8-7-9-28(20-24)42(48)49/h7-11,13-16,18-21,31,40H,12,17,22H2,1-6H3,(H,39,45)(H,43,44). The van der Waals surface area contributed by atoms with Crippen LogP contribution in [-0.2, 0) is 32.0 Å². The Labute approximate surface area is 294 Å². The van der Waals surface area contributed by atoms with E-state index in [0.717, 1.165) is 10.5 Å². The van der Waals surface area contributed by atoms with Crippen LogP contribution < -0.4 is 15.5 Å². The summed E-state index contributed by atoms with van der Waals surface area (Å²) in [6, 6.07) is 18.7. The van der Waals surface area contributed by atoms with E-state index in [-0.39, 0.29) is 24.5 Å². The zero-order valence-corrected chi connectivity index (χ0v) is 29.3. The van der Waals surface area contributed by atoms with Crippen molar-refractivity contribution in [1.82, 2.24) is 10.3 Å². The van der Waals surface area contributed by atoms with E-state index >= 15 is 0 Å². The van der Waals surface area contributed by atoms with Crippen LogP contribution in [0.1, 0.15) is 70.7 Å². The Bertz CT molecular complexity index is 1900. The molecule has 51 heavy (non-hydrogen) atoms. The summed E-state index contributed by atoms with van der Waals surface area (Å²) >= 11 is 0. The predicted molar refractivity (Wildman–Crippen MR) is 190 cm³/mol. The van der Waals surface area contributed by atoms with Crippen LogP contribution in [0.15, 0.2) is 79.0 Å². The SMILES string of the molecule is CC(C)(C)OC(=O)N(C(=O)OC(C)(C)C)c1nccc2cc(NC(C(=O)NCc3cccc([N+](=O)[O-])c3)c3ccc(CCC(=O)O)cc3)ccc12. The number of carboxylic acids is 1. The number of non-ortho nitro benzene ring substituents is 1. The largest absolute Gasteiger partial charge is 0.481 e. The van der Waals surface area contributed by atoms with Gasteiger partial charge in [0.25, 0.3) is 5.69 Å². The third kappa shape index (κ3) is 10.7. The lowest BCUT2D eigenvalue weighted by Gasteiger charge is -2.28. The van der Waals surface area contributed by atoms with E-state index in [9.17, 15) is 29.3 Å². The topological polar surface area (TPSA) is 190 Å². The molecule has 0 aliphatic rings. The number of pyridine rings is 1. The Hall–Kier alpha value is -6.05. The number of carbonyl (C=O) groups is 4. The summed E-state index contributed by atoms with van der Waals surface area (Å²) in [7, 11) is 0. The number of rotatable bonds is 11. The molecular formula is C37H41N5O9. The lowest BCUT2D eigenvalue weighted by Crippen LogP contribution is -2.44. The number of hydrogen-bond acceptors (Lipinski definition) is 10. The molecule has 268 valence electrons. The average molecular weight is 700 g/mol. The molecule has 14 nitrogen and oxygen atoms in total. The summed E-state index contributed by atoms with van der Waals surface area (Å²) in [4.78, 5) is 67.3. The number of aliphatic carboxylic acids is 1. The number of nitrogens with one attached hydrogen (secondary N) is 2. The first-order valence-electron chi connectivity index (χ1n) is 16.1. The van der Waals surface area contributed by atoms with Crippen molar-refractivity contribution >= 4 is 52.0 Å². The second kappa shape index (κ2) is 15.7. The molecule has 3 amide bonds. The number of fused-ring (bicyclic) bond motifs is 1. The number of amides is 3. The Morgan fingerprint density at radius 2 is 1.53 bits per heavy atom. The van der Waals surface area contributed by atoms with Crippen molar-refractivity contribution in [2.75, 3.05) is 10.2 Å². The van der Waals surface area contributed by atoms with Crippen LogP contribution in [0.5, 0.6) is 0 Å². The second-order valence-electron chi connectivity index (χ2n) is 13.7. The highest BCUT2D eigenvalue weighted by Crippen LogP contribution is 2.31. The smallest absolute Gasteiger partial charge is 0.425 e. The average Bonchev–Trinajstić information content (AvgIpc) is 3.04. The number of carboxylic acid groups (broad SMARTS) is 1. The Morgan fingerprint density at radius 3 is 2.12 bits per heavy atom. The van der Waals surface area contributed by atoms with Crippen LogP contribution >= 0.6 is 0 Å². The van der Waals surface area contributed by atoms with Gasteiger partial charge in [-0.2, -0.15) is 4.90 Å². The maximum atomic E-state index is 13.7. The van der Waals surface area contributed by atoms with Gasteiger partial charge in [0.05, 0.1) is 4.92 Å². The molecule has 0 bridgehead atoms. The van der Waals surface area contributed by atoms with E-state index in [4.69, 9.17) is 14.6 Å². The van der Waals surface area contributed by atoms with Crippen molar-refractivity contribution in [2.45, 2.75) is 78.2 Å². The van der Waals surface area contributed by atoms with Gasteiger partial charge in [-0.1, -0.05) is 36.4 Å². The van der Waals surface area contributed by atoms with Crippen LogP contribution in [0.2, 0.25) is 0 Å². The fourth-order valence-corrected chi connectivity index (χ4v) is 4.96. The molecule has 4 aromatic rings. The number of ether oxygens (including phenoxy) is 2. The number of nitrogens with zero attached hydrogens (tertiary/aromatic N) is 3. The van der Waals surface area contributed by atoms with Gasteiger partial charge in [0.15, 0.2) is 5.82 Å². The van der Waals surface area contributed by atoms with Crippen molar-refractivity contribution < 1.29 is 38.7 Å². The molecule has 1 heterocycles. The number of benzene rings is 3. The lowest BCUT2D eigenvalue weighted by atomic mass is 10.0. The molecule has 0 saturated heterocycles. The minimum Gasteiger partial charge on any atom is -0.481 e. The third-order valence-electron chi connectivity index (χ3n) is 7.21. The number of nitro groups is 1. The van der Waals surface area contributed by atoms with Gasteiger partial charge < -0.3 is 25.2 Å². The fraction of sp³-hybridized carbons (Fsp3) is 0.324. The minimum atomic E-state index is -0.966. The first-order valence-corrected chi connectivity index (χ1v) is 16.1. The molecule has 0 aliphatic heterocycles. The van der Waals surface area contributed by atoms with Gasteiger partial charge in [-0.3, -0.25) is 19.7 Å². The summed E-state index contributed by atoms with van der Waals surface area (Å²) in [5, 5.41) is 27.4. The van der Waals surface area contributed by atoms with E-state index in [1.54, 1.807) is 96.1 Å². The van der Waals surface area contributed by atoms with Crippen LogP contribution in [0.4, 0.5) is 26.8 Å². The fourth-order valence-electron chi connectivity index (χ4n) is 4.96. The molecule has 0 fully saturated rings. The van der Waals surface area contributed by atoms with Crippen molar-refractivity contribution in [3.8, 4) is 0 Å². The molecule has 4 rings (SSSR count). The molecule has 1 aromatic heterocycles. The highest BCUT2D eigenvalue weighted by Gasteiger charge is 2.34. The van der Waals surface area contributed by atoms with Crippen LogP contribution in [0, 0.1) is 10.1 Å². The van der Waals surface area contributed by atoms with Crippen LogP contribution in [0.3, 0.4) is 0 Å². The number of aromatic nitrogens is 1. The summed E-state index contributed by atoms with van der Waals surface area (Å²) in [5.41, 5.74) is 0.452. The molecule has 14 heteroatoms. The van der Waals surface area contributed by atoms with Crippen molar-refractivity contribution in [2.24, 2.45) is 0 Å². The molecule has 0 spiro atoms. The van der Waals surface area contributed by atoms with Gasteiger partial charge in [0, 0.05) is 42.4 Å². The van der Waals surface area contributed by atoms with E-state index in [1.165, 1.54) is 24.4 Å². The summed E-state index contributed by atoms with van der Waals surface area (Å²) in [6.07, 6.45) is -0.227. The number of nitro benzene ring substituents is 1. The maximum absolute atomic E-state index is 13.7. The van der Waals surface area contributed by atoms with Gasteiger partial charge in [0.2, 0.25) is 5.91 Å². The summed E-state index contributed by atoms with van der Waals surface area (Å²) in [6.45, 7) is 10.1. The number of hydrogen-bond donors (Lipinski definition) is 3. The van der Waals surface area contributed by atoms with Gasteiger partial charge >= 0.3 is 18.2 Å². The molecule has 1 atom stereocenters. The predicted octanol–water partition coefficient (Wildman–Crippen LogP) is 7.31. The van der Waals surface area contributed by atoms with E-state index in [0.29, 0.717) is 34.0 Å². The molecule has 3 aromatic carbocycles. The molecule has 0 aliphatic carbocycles. The van der Waals surface area contributed by atoms with Crippen LogP contribution in [-0.4, -0.2) is 50.3 Å². The lowest BCUT2D eigenvalue weighted by molar-refractivity contribution is -0.384. The minimum absolute atomic E-state index is 0.00857. The first kappa shape index (κ1) is 37.8. The molecule has 1 unspecified atom stereocenters. The second-order valence-corrected chi connectivity index (χ2v) is 13.7. The quantitative estimate of drug-likeness (QED) is 0.105. The van der Waals surface area contributed by atoms with Gasteiger partial charge in [-0.05, 0) is 94.3 Å². The maximum Gasteiger partial charge on any atom is 0.425 e. The number of imide groups is 1. The molecule has 3 N–H and O–H groups in total. The summed E-state index contributed by atoms with van der Waals surface area (Å²) in [5.74, 6) is -1.36. The van der Waals surface area contributed by atoms with Gasteiger partial charge in [0.1, 0.15) is 17.2 Å². The molecular weight excluding hydrogens is 658 g/mol. The Balaban J connectivity index is 1.68. The monoisotopic (exact) mass is 699 g/mol. The Kier molecular flexibility index (Phi) is 11.6. The first-order chi connectivity index (χ1) is 23.9. The van der Waals surface area contributed by atoms with Crippen molar-refractivity contribution in [1.29, 1.82) is 0 Å². The van der Waals surface area contributed by atoms with Gasteiger partial charge in [-0.25, -0.2) is 14.6 Å². The highest BCUT2D eigenvalue weighted by molar-refractivity contribution is 6.14. The number of anilines is 2. The molecule has 0 radical (unpaired) electrons. The zero-order chi connectivity index (χ0) is 37.5. The summed E-state index contributed by atoms with van der Waals surface area (Å²) < 4.78 is 11.1. The normalized spacial score (nSPS) is 12.0. The zero-order valence-electron chi connectivity index (χ0n) is 29.3. The van der Waals surface area contributed by atoms with E-state index < -0.39 is 46.2 Å². The van der Waals surface area contributed by atoms with Gasteiger partial charge in [-0.15, -0.1) is 0 Å². The molecule has 0 saturated carbocycles. The van der Waals surface area contributed by atoms with Crippen LogP contribution in [0.25, 0.3) is 10.8 Å². The Morgan fingerprint density at radius 1 is 0.882 bits per heavy atom. The van der Waals surface area contributed by atoms with Crippen molar-refractivity contribution in [3.05, 3.63) is 106 Å². The third-order valence-corrected chi connectivity index (χ3v) is 7.21. The number of aryl methyl sites for hydroxylation is 1. The van der Waals surface area contributed by atoms with Crippen molar-refractivity contribution in [3.63, 3.8) is 0 Å².